The standard InChI is InChI=1S/C15H21NO2S/c1-2-18-13-7-9-16(10-8-13)12-15-6-5-14(19-15)4-3-11-17/h5-6,13,17H,2,7-12H2,1H3. The summed E-state index contributed by atoms with van der Waals surface area (Å²) in [6, 6.07) is 4.18. The summed E-state index contributed by atoms with van der Waals surface area (Å²) >= 11 is 1.72. The van der Waals surface area contributed by atoms with E-state index in [0.29, 0.717) is 6.10 Å². The van der Waals surface area contributed by atoms with Gasteiger partial charge in [0.2, 0.25) is 0 Å². The Morgan fingerprint density at radius 1 is 1.42 bits per heavy atom. The maximum atomic E-state index is 8.67. The highest BCUT2D eigenvalue weighted by Crippen LogP contribution is 2.20. The van der Waals surface area contributed by atoms with Gasteiger partial charge in [-0.05, 0) is 31.9 Å². The Labute approximate surface area is 119 Å². The third-order valence-electron chi connectivity index (χ3n) is 3.27. The van der Waals surface area contributed by atoms with Crippen LogP contribution >= 0.6 is 11.3 Å². The third-order valence-corrected chi connectivity index (χ3v) is 4.25. The Kier molecular flexibility index (Phi) is 5.87. The molecule has 0 radical (unpaired) electrons. The number of hydrogen-bond acceptors (Lipinski definition) is 4. The highest BCUT2D eigenvalue weighted by molar-refractivity contribution is 7.12. The molecule has 1 aromatic heterocycles. The molecule has 1 aliphatic rings. The number of likely N-dealkylation sites (tertiary alicyclic amines) is 1. The lowest BCUT2D eigenvalue weighted by Crippen LogP contribution is -2.36. The molecule has 0 atom stereocenters. The molecule has 104 valence electrons. The topological polar surface area (TPSA) is 32.7 Å². The molecule has 1 saturated heterocycles. The Hall–Kier alpha value is -0.860. The molecule has 1 fully saturated rings. The smallest absolute Gasteiger partial charge is 0.104 e. The van der Waals surface area contributed by atoms with Crippen LogP contribution in [0.1, 0.15) is 29.5 Å². The van der Waals surface area contributed by atoms with Crippen LogP contribution in [-0.2, 0) is 11.3 Å². The van der Waals surface area contributed by atoms with Gasteiger partial charge in [0.25, 0.3) is 0 Å². The molecule has 0 unspecified atom stereocenters. The second kappa shape index (κ2) is 7.66. The molecular weight excluding hydrogens is 258 g/mol. The highest BCUT2D eigenvalue weighted by Gasteiger charge is 2.19. The van der Waals surface area contributed by atoms with Crippen molar-refractivity contribution in [3.05, 3.63) is 21.9 Å². The molecule has 0 bridgehead atoms. The fourth-order valence-electron chi connectivity index (χ4n) is 2.35. The van der Waals surface area contributed by atoms with E-state index >= 15 is 0 Å². The molecule has 1 aromatic rings. The van der Waals surface area contributed by atoms with E-state index in [2.05, 4.69) is 29.7 Å². The number of thiophene rings is 1. The Bertz CT molecular complexity index is 438. The van der Waals surface area contributed by atoms with Gasteiger partial charge in [-0.3, -0.25) is 4.90 Å². The van der Waals surface area contributed by atoms with E-state index in [9.17, 15) is 0 Å². The minimum atomic E-state index is -0.0713. The monoisotopic (exact) mass is 279 g/mol. The lowest BCUT2D eigenvalue weighted by atomic mass is 10.1. The number of hydrogen-bond donors (Lipinski definition) is 1. The average molecular weight is 279 g/mol. The molecule has 2 heterocycles. The Balaban J connectivity index is 1.80. The third kappa shape index (κ3) is 4.63. The van der Waals surface area contributed by atoms with Crippen molar-refractivity contribution in [2.75, 3.05) is 26.3 Å². The summed E-state index contributed by atoms with van der Waals surface area (Å²) in [6.07, 6.45) is 2.72. The SMILES string of the molecule is CCOC1CCN(Cc2ccc(C#CCO)s2)CC1. The van der Waals surface area contributed by atoms with Gasteiger partial charge in [-0.2, -0.15) is 0 Å². The number of aliphatic hydroxyl groups is 1. The maximum Gasteiger partial charge on any atom is 0.104 e. The van der Waals surface area contributed by atoms with Crippen LogP contribution in [-0.4, -0.2) is 42.4 Å². The van der Waals surface area contributed by atoms with Crippen LogP contribution in [0.15, 0.2) is 12.1 Å². The van der Waals surface area contributed by atoms with E-state index in [0.717, 1.165) is 44.0 Å². The second-order valence-electron chi connectivity index (χ2n) is 4.66. The first-order valence-corrected chi connectivity index (χ1v) is 7.66. The van der Waals surface area contributed by atoms with E-state index in [1.807, 2.05) is 6.07 Å². The fourth-order valence-corrected chi connectivity index (χ4v) is 3.27. The first-order chi connectivity index (χ1) is 9.31. The molecule has 0 aliphatic carbocycles. The molecule has 0 saturated carbocycles. The Morgan fingerprint density at radius 2 is 2.21 bits per heavy atom. The van der Waals surface area contributed by atoms with Gasteiger partial charge in [0.1, 0.15) is 6.61 Å². The first kappa shape index (κ1) is 14.5. The first-order valence-electron chi connectivity index (χ1n) is 6.84. The van der Waals surface area contributed by atoms with E-state index in [-0.39, 0.29) is 6.61 Å². The number of rotatable bonds is 4. The van der Waals surface area contributed by atoms with Gasteiger partial charge < -0.3 is 9.84 Å². The predicted molar refractivity (Wildman–Crippen MR) is 78.2 cm³/mol. The van der Waals surface area contributed by atoms with Crippen LogP contribution in [0.5, 0.6) is 0 Å². The molecule has 0 aromatic carbocycles. The van der Waals surface area contributed by atoms with Crippen molar-refractivity contribution in [2.24, 2.45) is 0 Å². The van der Waals surface area contributed by atoms with Crippen LogP contribution in [0.3, 0.4) is 0 Å². The van der Waals surface area contributed by atoms with Crippen LogP contribution in [0.4, 0.5) is 0 Å². The fraction of sp³-hybridized carbons (Fsp3) is 0.600. The van der Waals surface area contributed by atoms with Crippen LogP contribution in [0.2, 0.25) is 0 Å². The predicted octanol–water partition coefficient (Wildman–Crippen LogP) is 2.09. The molecule has 1 N–H and O–H groups in total. The van der Waals surface area contributed by atoms with Gasteiger partial charge in [-0.1, -0.05) is 11.8 Å². The van der Waals surface area contributed by atoms with E-state index in [1.165, 1.54) is 4.88 Å². The number of piperidine rings is 1. The van der Waals surface area contributed by atoms with E-state index in [4.69, 9.17) is 9.84 Å². The lowest BCUT2D eigenvalue weighted by Gasteiger charge is -2.31. The molecule has 0 spiro atoms. The van der Waals surface area contributed by atoms with Gasteiger partial charge in [0.15, 0.2) is 0 Å². The van der Waals surface area contributed by atoms with Gasteiger partial charge in [-0.25, -0.2) is 0 Å². The molecule has 0 amide bonds. The van der Waals surface area contributed by atoms with Gasteiger partial charge in [0, 0.05) is 31.1 Å². The summed E-state index contributed by atoms with van der Waals surface area (Å²) in [4.78, 5) is 4.86. The highest BCUT2D eigenvalue weighted by atomic mass is 32.1. The summed E-state index contributed by atoms with van der Waals surface area (Å²) in [5.74, 6) is 5.64. The van der Waals surface area contributed by atoms with Crippen LogP contribution < -0.4 is 0 Å². The van der Waals surface area contributed by atoms with Crippen molar-refractivity contribution < 1.29 is 9.84 Å². The van der Waals surface area contributed by atoms with Crippen molar-refractivity contribution in [1.82, 2.24) is 4.90 Å². The summed E-state index contributed by atoms with van der Waals surface area (Å²) in [6.45, 7) is 6.04. The molecule has 2 rings (SSSR count). The van der Waals surface area contributed by atoms with Gasteiger partial charge in [-0.15, -0.1) is 11.3 Å². The second-order valence-corrected chi connectivity index (χ2v) is 5.83. The van der Waals surface area contributed by atoms with Crippen molar-refractivity contribution in [2.45, 2.75) is 32.4 Å². The van der Waals surface area contributed by atoms with Crippen LogP contribution in [0.25, 0.3) is 0 Å². The average Bonchev–Trinajstić information content (AvgIpc) is 2.87. The molecule has 4 heteroatoms. The van der Waals surface area contributed by atoms with Crippen molar-refractivity contribution >= 4 is 11.3 Å². The van der Waals surface area contributed by atoms with Crippen LogP contribution in [0, 0.1) is 11.8 Å². The van der Waals surface area contributed by atoms with Gasteiger partial charge >= 0.3 is 0 Å². The normalized spacial score (nSPS) is 17.2. The van der Waals surface area contributed by atoms with E-state index < -0.39 is 0 Å². The number of aliphatic hydroxyl groups excluding tert-OH is 1. The van der Waals surface area contributed by atoms with Gasteiger partial charge in [0.05, 0.1) is 11.0 Å². The number of nitrogens with zero attached hydrogens (tertiary/aromatic N) is 1. The largest absolute Gasteiger partial charge is 0.384 e. The minimum absolute atomic E-state index is 0.0713. The zero-order valence-electron chi connectivity index (χ0n) is 11.4. The number of ether oxygens (including phenoxy) is 1. The minimum Gasteiger partial charge on any atom is -0.384 e. The molecule has 1 aliphatic heterocycles. The molecule has 3 nitrogen and oxygen atoms in total. The summed E-state index contributed by atoms with van der Waals surface area (Å²) in [7, 11) is 0. The quantitative estimate of drug-likeness (QED) is 0.857. The van der Waals surface area contributed by atoms with Crippen molar-refractivity contribution in [1.29, 1.82) is 0 Å². The summed E-state index contributed by atoms with van der Waals surface area (Å²) in [5, 5.41) is 8.67. The molecule has 19 heavy (non-hydrogen) atoms. The zero-order valence-corrected chi connectivity index (χ0v) is 12.2. The van der Waals surface area contributed by atoms with Crippen molar-refractivity contribution in [3.8, 4) is 11.8 Å². The Morgan fingerprint density at radius 3 is 2.89 bits per heavy atom. The summed E-state index contributed by atoms with van der Waals surface area (Å²) in [5.41, 5.74) is 0. The van der Waals surface area contributed by atoms with E-state index in [1.54, 1.807) is 11.3 Å². The van der Waals surface area contributed by atoms with Crippen molar-refractivity contribution in [3.63, 3.8) is 0 Å². The zero-order chi connectivity index (χ0) is 13.5. The maximum absolute atomic E-state index is 8.67. The lowest BCUT2D eigenvalue weighted by molar-refractivity contribution is 0.0127. The molecular formula is C15H21NO2S. The summed E-state index contributed by atoms with van der Waals surface area (Å²) < 4.78 is 5.66.